The summed E-state index contributed by atoms with van der Waals surface area (Å²) in [7, 11) is 0. The van der Waals surface area contributed by atoms with Crippen LogP contribution in [0.4, 0.5) is 5.69 Å². The van der Waals surface area contributed by atoms with Crippen LogP contribution in [0.2, 0.25) is 0 Å². The van der Waals surface area contributed by atoms with Gasteiger partial charge in [-0.2, -0.15) is 4.80 Å². The van der Waals surface area contributed by atoms with Crippen LogP contribution in [0.3, 0.4) is 0 Å². The maximum absolute atomic E-state index is 12.5. The van der Waals surface area contributed by atoms with Crippen LogP contribution in [0.5, 0.6) is 0 Å². The monoisotopic (exact) mass is 377 g/mol. The Balaban J connectivity index is 1.71. The molecule has 1 heterocycles. The third-order valence-electron chi connectivity index (χ3n) is 4.84. The number of tetrazole rings is 1. The van der Waals surface area contributed by atoms with Gasteiger partial charge in [-0.15, -0.1) is 10.2 Å². The van der Waals surface area contributed by atoms with Crippen molar-refractivity contribution >= 4 is 11.6 Å². The molecule has 1 N–H and O–H groups in total. The molecule has 0 saturated carbocycles. The Morgan fingerprint density at radius 3 is 2.25 bits per heavy atom. The highest BCUT2D eigenvalue weighted by molar-refractivity contribution is 5.92. The van der Waals surface area contributed by atoms with E-state index in [4.69, 9.17) is 0 Å². The van der Waals surface area contributed by atoms with Gasteiger partial charge in [-0.3, -0.25) is 4.79 Å². The zero-order chi connectivity index (χ0) is 20.1. The van der Waals surface area contributed by atoms with Crippen molar-refractivity contribution in [2.75, 3.05) is 5.32 Å². The molecule has 146 valence electrons. The summed E-state index contributed by atoms with van der Waals surface area (Å²) in [5.41, 5.74) is 5.31. The summed E-state index contributed by atoms with van der Waals surface area (Å²) >= 11 is 0. The molecular weight excluding hydrogens is 350 g/mol. The molecule has 3 aromatic rings. The number of para-hydroxylation sites is 1. The molecule has 1 aromatic heterocycles. The number of anilines is 1. The number of hydrogen-bond donors (Lipinski definition) is 1. The first-order valence-corrected chi connectivity index (χ1v) is 9.80. The first-order chi connectivity index (χ1) is 13.5. The smallest absolute Gasteiger partial charge is 0.248 e. The van der Waals surface area contributed by atoms with E-state index in [9.17, 15) is 4.79 Å². The minimum Gasteiger partial charge on any atom is -0.324 e. The van der Waals surface area contributed by atoms with Crippen molar-refractivity contribution in [2.45, 2.75) is 53.0 Å². The predicted molar refractivity (Wildman–Crippen MR) is 111 cm³/mol. The van der Waals surface area contributed by atoms with Gasteiger partial charge in [0.1, 0.15) is 6.54 Å². The third-order valence-corrected chi connectivity index (χ3v) is 4.84. The van der Waals surface area contributed by atoms with Crippen LogP contribution in [-0.4, -0.2) is 26.1 Å². The Bertz CT molecular complexity index is 922. The van der Waals surface area contributed by atoms with Gasteiger partial charge in [-0.1, -0.05) is 70.2 Å². The molecule has 0 radical (unpaired) electrons. The number of benzene rings is 2. The fourth-order valence-electron chi connectivity index (χ4n) is 3.15. The maximum atomic E-state index is 12.5. The van der Waals surface area contributed by atoms with E-state index in [-0.39, 0.29) is 12.5 Å². The lowest BCUT2D eigenvalue weighted by molar-refractivity contribution is -0.117. The molecule has 0 spiro atoms. The first kappa shape index (κ1) is 19.7. The predicted octanol–water partition coefficient (Wildman–Crippen LogP) is 4.23. The van der Waals surface area contributed by atoms with Crippen molar-refractivity contribution in [3.05, 3.63) is 59.2 Å². The van der Waals surface area contributed by atoms with Crippen molar-refractivity contribution in [1.29, 1.82) is 0 Å². The summed E-state index contributed by atoms with van der Waals surface area (Å²) in [6.45, 7) is 8.50. The largest absolute Gasteiger partial charge is 0.324 e. The van der Waals surface area contributed by atoms with E-state index in [0.29, 0.717) is 11.7 Å². The minimum atomic E-state index is -0.158. The molecule has 28 heavy (non-hydrogen) atoms. The number of rotatable bonds is 7. The molecular formula is C22H27N5O. The molecule has 0 aliphatic rings. The molecule has 3 rings (SSSR count). The van der Waals surface area contributed by atoms with E-state index in [2.05, 4.69) is 60.6 Å². The minimum absolute atomic E-state index is 0.0261. The second kappa shape index (κ2) is 8.78. The van der Waals surface area contributed by atoms with Crippen molar-refractivity contribution < 1.29 is 4.79 Å². The molecule has 6 nitrogen and oxygen atoms in total. The summed E-state index contributed by atoms with van der Waals surface area (Å²) in [5, 5.41) is 15.5. The Kier molecular flexibility index (Phi) is 6.19. The SMILES string of the molecule is CCc1cccc(CC)c1NC(=O)Cn1nnc(-c2ccc(C(C)C)cc2)n1. The topological polar surface area (TPSA) is 72.7 Å². The highest BCUT2D eigenvalue weighted by Gasteiger charge is 2.13. The summed E-state index contributed by atoms with van der Waals surface area (Å²) in [6, 6.07) is 14.2. The van der Waals surface area contributed by atoms with Crippen molar-refractivity contribution in [3.63, 3.8) is 0 Å². The number of aromatic nitrogens is 4. The van der Waals surface area contributed by atoms with Crippen molar-refractivity contribution in [3.8, 4) is 11.4 Å². The zero-order valence-corrected chi connectivity index (χ0v) is 16.9. The summed E-state index contributed by atoms with van der Waals surface area (Å²) in [6.07, 6.45) is 1.73. The highest BCUT2D eigenvalue weighted by Crippen LogP contribution is 2.23. The Hall–Kier alpha value is -3.02. The Morgan fingerprint density at radius 2 is 1.68 bits per heavy atom. The second-order valence-electron chi connectivity index (χ2n) is 7.13. The van der Waals surface area contributed by atoms with E-state index in [1.807, 2.05) is 30.3 Å². The quantitative estimate of drug-likeness (QED) is 0.669. The number of amides is 1. The molecule has 0 aliphatic carbocycles. The molecule has 0 atom stereocenters. The summed E-state index contributed by atoms with van der Waals surface area (Å²) in [5.74, 6) is 0.835. The summed E-state index contributed by atoms with van der Waals surface area (Å²) in [4.78, 5) is 13.9. The van der Waals surface area contributed by atoms with Crippen LogP contribution < -0.4 is 5.32 Å². The number of hydrogen-bond acceptors (Lipinski definition) is 4. The molecule has 0 saturated heterocycles. The van der Waals surface area contributed by atoms with Gasteiger partial charge >= 0.3 is 0 Å². The number of aryl methyl sites for hydroxylation is 2. The van der Waals surface area contributed by atoms with Crippen LogP contribution in [0, 0.1) is 0 Å². The molecule has 2 aromatic carbocycles. The molecule has 0 fully saturated rings. The van der Waals surface area contributed by atoms with Gasteiger partial charge < -0.3 is 5.32 Å². The van der Waals surface area contributed by atoms with E-state index >= 15 is 0 Å². The molecule has 0 aliphatic heterocycles. The van der Waals surface area contributed by atoms with E-state index < -0.39 is 0 Å². The van der Waals surface area contributed by atoms with Crippen LogP contribution in [-0.2, 0) is 24.2 Å². The Morgan fingerprint density at radius 1 is 1.04 bits per heavy atom. The normalized spacial score (nSPS) is 11.0. The van der Waals surface area contributed by atoms with E-state index in [0.717, 1.165) is 35.2 Å². The third kappa shape index (κ3) is 4.44. The molecule has 0 unspecified atom stereocenters. The fourth-order valence-corrected chi connectivity index (χ4v) is 3.15. The van der Waals surface area contributed by atoms with Crippen LogP contribution in [0.25, 0.3) is 11.4 Å². The lowest BCUT2D eigenvalue weighted by Gasteiger charge is -2.14. The summed E-state index contributed by atoms with van der Waals surface area (Å²) < 4.78 is 0. The van der Waals surface area contributed by atoms with Gasteiger partial charge in [-0.25, -0.2) is 0 Å². The van der Waals surface area contributed by atoms with Crippen molar-refractivity contribution in [1.82, 2.24) is 20.2 Å². The van der Waals surface area contributed by atoms with Gasteiger partial charge in [0.05, 0.1) is 0 Å². The lowest BCUT2D eigenvalue weighted by Crippen LogP contribution is -2.22. The van der Waals surface area contributed by atoms with E-state index in [1.165, 1.54) is 10.4 Å². The van der Waals surface area contributed by atoms with Crippen LogP contribution >= 0.6 is 0 Å². The molecule has 0 bridgehead atoms. The fraction of sp³-hybridized carbons (Fsp3) is 0.364. The molecule has 1 amide bonds. The van der Waals surface area contributed by atoms with Gasteiger partial charge in [-0.05, 0) is 40.7 Å². The maximum Gasteiger partial charge on any atom is 0.248 e. The number of carbonyl (C=O) groups excluding carboxylic acids is 1. The van der Waals surface area contributed by atoms with Gasteiger partial charge in [0.25, 0.3) is 0 Å². The first-order valence-electron chi connectivity index (χ1n) is 9.80. The number of nitrogens with zero attached hydrogens (tertiary/aromatic N) is 4. The second-order valence-corrected chi connectivity index (χ2v) is 7.13. The average Bonchev–Trinajstić information content (AvgIpc) is 3.16. The highest BCUT2D eigenvalue weighted by atomic mass is 16.2. The standard InChI is InChI=1S/C22H27N5O/c1-5-16-8-7-9-17(6-2)21(16)23-20(28)14-27-25-22(24-26-27)19-12-10-18(11-13-19)15(3)4/h7-13,15H,5-6,14H2,1-4H3,(H,23,28). The number of carbonyl (C=O) groups is 1. The van der Waals surface area contributed by atoms with E-state index in [1.54, 1.807) is 0 Å². The van der Waals surface area contributed by atoms with Gasteiger partial charge in [0.2, 0.25) is 11.7 Å². The molecule has 6 heteroatoms. The van der Waals surface area contributed by atoms with Crippen LogP contribution in [0.15, 0.2) is 42.5 Å². The lowest BCUT2D eigenvalue weighted by atomic mass is 10.0. The van der Waals surface area contributed by atoms with Gasteiger partial charge in [0.15, 0.2) is 0 Å². The zero-order valence-electron chi connectivity index (χ0n) is 16.9. The average molecular weight is 377 g/mol. The van der Waals surface area contributed by atoms with Crippen LogP contribution in [0.1, 0.15) is 50.3 Å². The number of nitrogens with one attached hydrogen (secondary N) is 1. The van der Waals surface area contributed by atoms with Gasteiger partial charge in [0, 0.05) is 11.3 Å². The van der Waals surface area contributed by atoms with Crippen molar-refractivity contribution in [2.24, 2.45) is 0 Å². The Labute approximate surface area is 166 Å².